The first-order chi connectivity index (χ1) is 12.5. The molecular weight excluding hydrogens is 354 g/mol. The van der Waals surface area contributed by atoms with Crippen LogP contribution in [0.15, 0.2) is 52.5 Å². The van der Waals surface area contributed by atoms with E-state index < -0.39 is 6.04 Å². The molecule has 0 saturated carbocycles. The van der Waals surface area contributed by atoms with Crippen LogP contribution in [-0.2, 0) is 9.53 Å². The van der Waals surface area contributed by atoms with Crippen molar-refractivity contribution in [1.29, 1.82) is 0 Å². The zero-order valence-corrected chi connectivity index (χ0v) is 15.4. The van der Waals surface area contributed by atoms with E-state index in [-0.39, 0.29) is 12.1 Å². The Morgan fingerprint density at radius 3 is 2.88 bits per heavy atom. The van der Waals surface area contributed by atoms with Crippen molar-refractivity contribution < 1.29 is 13.9 Å². The first kappa shape index (κ1) is 16.7. The Kier molecular flexibility index (Phi) is 4.00. The van der Waals surface area contributed by atoms with Crippen molar-refractivity contribution in [3.63, 3.8) is 0 Å². The molecule has 0 fully saturated rings. The van der Waals surface area contributed by atoms with E-state index in [9.17, 15) is 4.79 Å². The molecule has 0 saturated heterocycles. The number of hydrogen-bond acceptors (Lipinski definition) is 5. The predicted molar refractivity (Wildman–Crippen MR) is 99.1 cm³/mol. The summed E-state index contributed by atoms with van der Waals surface area (Å²) >= 11 is 6.11. The first-order valence-electron chi connectivity index (χ1n) is 8.34. The molecule has 2 aromatic heterocycles. The molecule has 3 heterocycles. The smallest absolute Gasteiger partial charge is 0.338 e. The number of allylic oxidation sites excluding steroid dienone is 1. The minimum absolute atomic E-state index is 0.215. The second kappa shape index (κ2) is 6.21. The summed E-state index contributed by atoms with van der Waals surface area (Å²) in [6.07, 6.45) is 3.01. The Balaban J connectivity index is 1.94. The van der Waals surface area contributed by atoms with E-state index in [4.69, 9.17) is 20.8 Å². The molecule has 1 unspecified atom stereocenters. The molecule has 0 aliphatic carbocycles. The van der Waals surface area contributed by atoms with Crippen LogP contribution >= 0.6 is 11.6 Å². The molecule has 0 spiro atoms. The van der Waals surface area contributed by atoms with Gasteiger partial charge in [-0.25, -0.2) is 9.78 Å². The van der Waals surface area contributed by atoms with Gasteiger partial charge < -0.3 is 14.5 Å². The van der Waals surface area contributed by atoms with Gasteiger partial charge in [-0.05, 0) is 45.0 Å². The minimum atomic E-state index is -0.401. The molecule has 1 aromatic carbocycles. The molecule has 0 bridgehead atoms. The first-order valence-corrected chi connectivity index (χ1v) is 8.72. The normalized spacial score (nSPS) is 16.7. The highest BCUT2D eigenvalue weighted by atomic mass is 35.5. The molecule has 26 heavy (non-hydrogen) atoms. The van der Waals surface area contributed by atoms with E-state index in [1.807, 2.05) is 43.5 Å². The Labute approximate surface area is 155 Å². The monoisotopic (exact) mass is 371 g/mol. The maximum Gasteiger partial charge on any atom is 0.338 e. The Morgan fingerprint density at radius 1 is 1.38 bits per heavy atom. The Hall–Kier alpha value is -2.73. The maximum absolute atomic E-state index is 12.8. The second-order valence-electron chi connectivity index (χ2n) is 6.52. The fourth-order valence-electron chi connectivity index (χ4n) is 3.28. The van der Waals surface area contributed by atoms with Gasteiger partial charge in [0.25, 0.3) is 0 Å². The summed E-state index contributed by atoms with van der Waals surface area (Å²) in [5.74, 6) is 0.282. The summed E-state index contributed by atoms with van der Waals surface area (Å²) in [5, 5.41) is 3.83. The fraction of sp³-hybridized carbons (Fsp3) is 0.263. The van der Waals surface area contributed by atoms with Crippen LogP contribution in [0.1, 0.15) is 32.4 Å². The number of carbonyl (C=O) groups is 1. The van der Waals surface area contributed by atoms with E-state index in [0.717, 1.165) is 16.6 Å². The standard InChI is InChI=1S/C19H18ClN3O3/c1-10(2)26-18(24)16-11(3)21-19-22-14-8-13(20)4-5-15(14)23(19)17(16)12-6-7-25-9-12/h4-10,17H,1-3H3,(H,21,22). The van der Waals surface area contributed by atoms with Gasteiger partial charge in [0.15, 0.2) is 0 Å². The van der Waals surface area contributed by atoms with Gasteiger partial charge in [-0.2, -0.15) is 0 Å². The minimum Gasteiger partial charge on any atom is -0.472 e. The van der Waals surface area contributed by atoms with Crippen LogP contribution in [0.3, 0.4) is 0 Å². The molecular formula is C19H18ClN3O3. The zero-order valence-electron chi connectivity index (χ0n) is 14.6. The number of fused-ring (bicyclic) bond motifs is 3. The molecule has 1 aliphatic heterocycles. The van der Waals surface area contributed by atoms with E-state index in [1.165, 1.54) is 0 Å². The van der Waals surface area contributed by atoms with Crippen LogP contribution in [0.25, 0.3) is 11.0 Å². The predicted octanol–water partition coefficient (Wildman–Crippen LogP) is 4.52. The number of nitrogens with zero attached hydrogens (tertiary/aromatic N) is 2. The largest absolute Gasteiger partial charge is 0.472 e. The van der Waals surface area contributed by atoms with E-state index in [2.05, 4.69) is 10.3 Å². The van der Waals surface area contributed by atoms with Gasteiger partial charge in [0.2, 0.25) is 5.95 Å². The van der Waals surface area contributed by atoms with Crippen molar-refractivity contribution in [1.82, 2.24) is 9.55 Å². The number of rotatable bonds is 3. The number of aromatic nitrogens is 2. The van der Waals surface area contributed by atoms with Gasteiger partial charge in [0, 0.05) is 16.3 Å². The van der Waals surface area contributed by atoms with Crippen LogP contribution in [0.4, 0.5) is 5.95 Å². The third kappa shape index (κ3) is 2.66. The van der Waals surface area contributed by atoms with E-state index in [0.29, 0.717) is 22.2 Å². The summed E-state index contributed by atoms with van der Waals surface area (Å²) in [5.41, 5.74) is 3.69. The number of hydrogen-bond donors (Lipinski definition) is 1. The summed E-state index contributed by atoms with van der Waals surface area (Å²) < 4.78 is 12.7. The second-order valence-corrected chi connectivity index (χ2v) is 6.95. The van der Waals surface area contributed by atoms with Crippen molar-refractivity contribution in [2.75, 3.05) is 5.32 Å². The number of benzene rings is 1. The van der Waals surface area contributed by atoms with Crippen LogP contribution in [0.5, 0.6) is 0 Å². The molecule has 4 rings (SSSR count). The van der Waals surface area contributed by atoms with Gasteiger partial charge in [0.1, 0.15) is 0 Å². The molecule has 1 atom stereocenters. The number of furan rings is 1. The highest BCUT2D eigenvalue weighted by Gasteiger charge is 2.35. The van der Waals surface area contributed by atoms with E-state index >= 15 is 0 Å². The van der Waals surface area contributed by atoms with Crippen molar-refractivity contribution in [3.8, 4) is 0 Å². The molecule has 134 valence electrons. The van der Waals surface area contributed by atoms with Crippen LogP contribution in [0, 0.1) is 0 Å². The molecule has 0 amide bonds. The molecule has 6 nitrogen and oxygen atoms in total. The van der Waals surface area contributed by atoms with Crippen LogP contribution < -0.4 is 5.32 Å². The Morgan fingerprint density at radius 2 is 2.19 bits per heavy atom. The van der Waals surface area contributed by atoms with Gasteiger partial charge >= 0.3 is 5.97 Å². The highest BCUT2D eigenvalue weighted by molar-refractivity contribution is 6.31. The SMILES string of the molecule is CC1=C(C(=O)OC(C)C)C(c2ccoc2)n2c(nc3cc(Cl)ccc32)N1. The lowest BCUT2D eigenvalue weighted by molar-refractivity contribution is -0.143. The summed E-state index contributed by atoms with van der Waals surface area (Å²) in [7, 11) is 0. The Bertz CT molecular complexity index is 1020. The number of nitrogens with one attached hydrogen (secondary N) is 1. The van der Waals surface area contributed by atoms with E-state index in [1.54, 1.807) is 18.6 Å². The summed E-state index contributed by atoms with van der Waals surface area (Å²) in [6, 6.07) is 6.95. The van der Waals surface area contributed by atoms with Crippen molar-refractivity contribution in [2.45, 2.75) is 32.9 Å². The lowest BCUT2D eigenvalue weighted by Crippen LogP contribution is -2.29. The maximum atomic E-state index is 12.8. The average molecular weight is 372 g/mol. The number of imidazole rings is 1. The molecule has 0 radical (unpaired) electrons. The number of esters is 1. The quantitative estimate of drug-likeness (QED) is 0.685. The summed E-state index contributed by atoms with van der Waals surface area (Å²) in [4.78, 5) is 17.5. The highest BCUT2D eigenvalue weighted by Crippen LogP contribution is 2.40. The number of carbonyl (C=O) groups excluding carboxylic acids is 1. The van der Waals surface area contributed by atoms with Gasteiger partial charge in [0.05, 0.1) is 41.3 Å². The number of halogens is 1. The summed E-state index contributed by atoms with van der Waals surface area (Å²) in [6.45, 7) is 5.51. The zero-order chi connectivity index (χ0) is 18.4. The van der Waals surface area contributed by atoms with Crippen LogP contribution in [-0.4, -0.2) is 21.6 Å². The molecule has 1 aliphatic rings. The third-order valence-corrected chi connectivity index (χ3v) is 4.54. The third-order valence-electron chi connectivity index (χ3n) is 4.31. The van der Waals surface area contributed by atoms with Crippen molar-refractivity contribution in [2.24, 2.45) is 0 Å². The van der Waals surface area contributed by atoms with Crippen molar-refractivity contribution in [3.05, 3.63) is 58.6 Å². The van der Waals surface area contributed by atoms with Crippen molar-refractivity contribution >= 4 is 34.6 Å². The lowest BCUT2D eigenvalue weighted by atomic mass is 9.97. The van der Waals surface area contributed by atoms with Gasteiger partial charge in [-0.15, -0.1) is 0 Å². The van der Waals surface area contributed by atoms with Gasteiger partial charge in [-0.1, -0.05) is 11.6 Å². The lowest BCUT2D eigenvalue weighted by Gasteiger charge is -2.29. The number of ether oxygens (including phenoxy) is 1. The number of anilines is 1. The fourth-order valence-corrected chi connectivity index (χ4v) is 3.45. The van der Waals surface area contributed by atoms with Crippen LogP contribution in [0.2, 0.25) is 5.02 Å². The molecule has 3 aromatic rings. The topological polar surface area (TPSA) is 69.3 Å². The molecule has 7 heteroatoms. The average Bonchev–Trinajstić information content (AvgIpc) is 3.19. The van der Waals surface area contributed by atoms with Gasteiger partial charge in [-0.3, -0.25) is 4.57 Å². The molecule has 1 N–H and O–H groups in total.